The largest absolute Gasteiger partial charge is 0.478 e. The standard InChI is InChI=1S/C16H11ClN4O3S/c17-10-3-1-2-9(6-10)12-7-11(15(22)23)14(25-12)21-16(24)20-13-8-18-4-5-19-13/h1-8H,(H,22,23)(H2,19,20,21,24). The van der Waals surface area contributed by atoms with Gasteiger partial charge in [0.2, 0.25) is 0 Å². The first kappa shape index (κ1) is 16.9. The summed E-state index contributed by atoms with van der Waals surface area (Å²) in [7, 11) is 0. The summed E-state index contributed by atoms with van der Waals surface area (Å²) in [6, 6.07) is 7.92. The number of aromatic carboxylic acids is 1. The number of benzene rings is 1. The molecule has 3 aromatic rings. The quantitative estimate of drug-likeness (QED) is 0.634. The summed E-state index contributed by atoms with van der Waals surface area (Å²) < 4.78 is 0. The molecule has 0 atom stereocenters. The average Bonchev–Trinajstić information content (AvgIpc) is 2.99. The van der Waals surface area contributed by atoms with E-state index in [1.54, 1.807) is 18.2 Å². The molecule has 2 amide bonds. The first-order chi connectivity index (χ1) is 12.0. The van der Waals surface area contributed by atoms with Crippen molar-refractivity contribution in [2.24, 2.45) is 0 Å². The highest BCUT2D eigenvalue weighted by atomic mass is 35.5. The number of nitrogens with one attached hydrogen (secondary N) is 2. The van der Waals surface area contributed by atoms with Crippen LogP contribution in [0.1, 0.15) is 10.4 Å². The molecule has 0 spiro atoms. The monoisotopic (exact) mass is 374 g/mol. The average molecular weight is 375 g/mol. The van der Waals surface area contributed by atoms with Crippen molar-refractivity contribution in [3.63, 3.8) is 0 Å². The van der Waals surface area contributed by atoms with Crippen LogP contribution in [0.4, 0.5) is 15.6 Å². The third-order valence-electron chi connectivity index (χ3n) is 3.10. The van der Waals surface area contributed by atoms with Crippen molar-refractivity contribution in [2.75, 3.05) is 10.6 Å². The Morgan fingerprint density at radius 3 is 2.68 bits per heavy atom. The minimum absolute atomic E-state index is 0.00530. The van der Waals surface area contributed by atoms with Crippen LogP contribution < -0.4 is 10.6 Å². The maximum absolute atomic E-state index is 12.1. The van der Waals surface area contributed by atoms with Crippen molar-refractivity contribution >= 4 is 45.8 Å². The van der Waals surface area contributed by atoms with Gasteiger partial charge in [0.05, 0.1) is 11.8 Å². The second-order valence-corrected chi connectivity index (χ2v) is 6.33. The Hall–Kier alpha value is -2.97. The number of anilines is 2. The molecule has 126 valence electrons. The van der Waals surface area contributed by atoms with E-state index in [0.717, 1.165) is 16.9 Å². The highest BCUT2D eigenvalue weighted by Gasteiger charge is 2.18. The topological polar surface area (TPSA) is 104 Å². The highest BCUT2D eigenvalue weighted by molar-refractivity contribution is 7.20. The lowest BCUT2D eigenvalue weighted by Gasteiger charge is -2.05. The van der Waals surface area contributed by atoms with E-state index >= 15 is 0 Å². The van der Waals surface area contributed by atoms with Gasteiger partial charge in [-0.1, -0.05) is 23.7 Å². The lowest BCUT2D eigenvalue weighted by atomic mass is 10.1. The van der Waals surface area contributed by atoms with Gasteiger partial charge in [0, 0.05) is 22.3 Å². The summed E-state index contributed by atoms with van der Waals surface area (Å²) in [4.78, 5) is 31.9. The van der Waals surface area contributed by atoms with E-state index in [-0.39, 0.29) is 16.4 Å². The zero-order valence-electron chi connectivity index (χ0n) is 12.6. The number of thiophene rings is 1. The molecule has 0 saturated heterocycles. The first-order valence-corrected chi connectivity index (χ1v) is 8.19. The van der Waals surface area contributed by atoms with Crippen molar-refractivity contribution in [3.8, 4) is 10.4 Å². The van der Waals surface area contributed by atoms with Crippen LogP contribution in [0.2, 0.25) is 5.02 Å². The van der Waals surface area contributed by atoms with Gasteiger partial charge in [-0.15, -0.1) is 11.3 Å². The molecule has 25 heavy (non-hydrogen) atoms. The van der Waals surface area contributed by atoms with E-state index in [1.807, 2.05) is 6.07 Å². The normalized spacial score (nSPS) is 10.3. The number of hydrogen-bond donors (Lipinski definition) is 3. The lowest BCUT2D eigenvalue weighted by molar-refractivity contribution is 0.0698. The van der Waals surface area contributed by atoms with Crippen LogP contribution in [-0.4, -0.2) is 27.1 Å². The number of halogens is 1. The Labute approximate surface area is 151 Å². The zero-order chi connectivity index (χ0) is 17.8. The molecular weight excluding hydrogens is 364 g/mol. The van der Waals surface area contributed by atoms with E-state index in [4.69, 9.17) is 11.6 Å². The number of nitrogens with zero attached hydrogens (tertiary/aromatic N) is 2. The Morgan fingerprint density at radius 2 is 2.00 bits per heavy atom. The van der Waals surface area contributed by atoms with Crippen molar-refractivity contribution in [3.05, 3.63) is 59.5 Å². The van der Waals surface area contributed by atoms with E-state index in [1.165, 1.54) is 24.7 Å². The van der Waals surface area contributed by atoms with Crippen molar-refractivity contribution in [2.45, 2.75) is 0 Å². The summed E-state index contributed by atoms with van der Waals surface area (Å²) in [5, 5.41) is 15.1. The van der Waals surface area contributed by atoms with Gasteiger partial charge in [0.1, 0.15) is 5.00 Å². The minimum atomic E-state index is -1.14. The molecule has 0 fully saturated rings. The number of aromatic nitrogens is 2. The van der Waals surface area contributed by atoms with Crippen molar-refractivity contribution in [1.82, 2.24) is 9.97 Å². The second kappa shape index (κ2) is 7.29. The summed E-state index contributed by atoms with van der Waals surface area (Å²) in [5.41, 5.74) is 0.761. The number of urea groups is 1. The molecule has 0 radical (unpaired) electrons. The van der Waals surface area contributed by atoms with E-state index < -0.39 is 12.0 Å². The fourth-order valence-electron chi connectivity index (χ4n) is 2.04. The van der Waals surface area contributed by atoms with E-state index in [9.17, 15) is 14.7 Å². The summed E-state index contributed by atoms with van der Waals surface area (Å²) >= 11 is 7.12. The Bertz CT molecular complexity index is 930. The van der Waals surface area contributed by atoms with Crippen LogP contribution >= 0.6 is 22.9 Å². The maximum atomic E-state index is 12.1. The summed E-state index contributed by atoms with van der Waals surface area (Å²) in [6.45, 7) is 0. The molecule has 1 aromatic carbocycles. The van der Waals surface area contributed by atoms with Gasteiger partial charge in [0.25, 0.3) is 0 Å². The molecule has 0 aliphatic rings. The van der Waals surface area contributed by atoms with Crippen LogP contribution in [0.15, 0.2) is 48.9 Å². The number of carboxylic acid groups (broad SMARTS) is 1. The molecule has 2 aromatic heterocycles. The Kier molecular flexibility index (Phi) is 4.92. The summed E-state index contributed by atoms with van der Waals surface area (Å²) in [5.74, 6) is -0.886. The molecule has 3 rings (SSSR count). The fourth-order valence-corrected chi connectivity index (χ4v) is 3.27. The minimum Gasteiger partial charge on any atom is -0.478 e. The predicted molar refractivity (Wildman–Crippen MR) is 96.4 cm³/mol. The Balaban J connectivity index is 1.85. The van der Waals surface area contributed by atoms with E-state index in [2.05, 4.69) is 20.6 Å². The van der Waals surface area contributed by atoms with Gasteiger partial charge in [-0.3, -0.25) is 15.6 Å². The zero-order valence-corrected chi connectivity index (χ0v) is 14.1. The fraction of sp³-hybridized carbons (Fsp3) is 0. The van der Waals surface area contributed by atoms with Crippen LogP contribution in [0.25, 0.3) is 10.4 Å². The molecule has 9 heteroatoms. The molecule has 0 saturated carbocycles. The number of amides is 2. The molecule has 0 aliphatic carbocycles. The smallest absolute Gasteiger partial charge is 0.338 e. The first-order valence-electron chi connectivity index (χ1n) is 7.00. The lowest BCUT2D eigenvalue weighted by Crippen LogP contribution is -2.20. The second-order valence-electron chi connectivity index (χ2n) is 4.84. The third kappa shape index (κ3) is 4.11. The highest BCUT2D eigenvalue weighted by Crippen LogP contribution is 2.36. The number of rotatable bonds is 4. The van der Waals surface area contributed by atoms with Crippen LogP contribution in [0.3, 0.4) is 0 Å². The molecule has 3 N–H and O–H groups in total. The van der Waals surface area contributed by atoms with Crippen LogP contribution in [0, 0.1) is 0 Å². The van der Waals surface area contributed by atoms with Crippen molar-refractivity contribution < 1.29 is 14.7 Å². The molecule has 0 aliphatic heterocycles. The number of carbonyl (C=O) groups excluding carboxylic acids is 1. The molecule has 7 nitrogen and oxygen atoms in total. The maximum Gasteiger partial charge on any atom is 0.338 e. The van der Waals surface area contributed by atoms with Crippen LogP contribution in [-0.2, 0) is 0 Å². The molecule has 2 heterocycles. The van der Waals surface area contributed by atoms with Crippen LogP contribution in [0.5, 0.6) is 0 Å². The van der Waals surface area contributed by atoms with Gasteiger partial charge in [0.15, 0.2) is 5.82 Å². The molecular formula is C16H11ClN4O3S. The van der Waals surface area contributed by atoms with Gasteiger partial charge in [-0.25, -0.2) is 14.6 Å². The molecule has 0 unspecified atom stereocenters. The SMILES string of the molecule is O=C(Nc1cnccn1)Nc1sc(-c2cccc(Cl)c2)cc1C(=O)O. The number of carbonyl (C=O) groups is 2. The van der Waals surface area contributed by atoms with E-state index in [0.29, 0.717) is 9.90 Å². The van der Waals surface area contributed by atoms with Gasteiger partial charge in [-0.05, 0) is 23.8 Å². The van der Waals surface area contributed by atoms with Gasteiger partial charge in [-0.2, -0.15) is 0 Å². The Morgan fingerprint density at radius 1 is 1.16 bits per heavy atom. The predicted octanol–water partition coefficient (Wildman–Crippen LogP) is 4.20. The third-order valence-corrected chi connectivity index (χ3v) is 4.44. The van der Waals surface area contributed by atoms with Gasteiger partial charge >= 0.3 is 12.0 Å². The van der Waals surface area contributed by atoms with Gasteiger partial charge < -0.3 is 5.11 Å². The molecule has 0 bridgehead atoms. The summed E-state index contributed by atoms with van der Waals surface area (Å²) in [6.07, 6.45) is 4.28. The number of carboxylic acids is 1. The van der Waals surface area contributed by atoms with Crippen molar-refractivity contribution in [1.29, 1.82) is 0 Å². The number of hydrogen-bond acceptors (Lipinski definition) is 5.